The van der Waals surface area contributed by atoms with Gasteiger partial charge in [0.1, 0.15) is 0 Å². The Morgan fingerprint density at radius 2 is 1.95 bits per heavy atom. The Kier molecular flexibility index (Phi) is 3.02. The number of carbonyl (C=O) groups is 1. The van der Waals surface area contributed by atoms with E-state index >= 15 is 0 Å². The molecule has 1 saturated heterocycles. The predicted octanol–water partition coefficient (Wildman–Crippen LogP) is 2.04. The predicted molar refractivity (Wildman–Crippen MR) is 67.4 cm³/mol. The molecule has 2 aliphatic rings. The second kappa shape index (κ2) is 4.84. The zero-order valence-electron chi connectivity index (χ0n) is 10.5. The third-order valence-corrected chi connectivity index (χ3v) is 3.13. The van der Waals surface area contributed by atoms with Crippen molar-refractivity contribution in [2.45, 2.75) is 12.8 Å². The molecule has 0 aromatic heterocycles. The van der Waals surface area contributed by atoms with Crippen molar-refractivity contribution in [3.8, 4) is 11.5 Å². The molecule has 7 nitrogen and oxygen atoms in total. The average molecular weight is 277 g/mol. The van der Waals surface area contributed by atoms with Crippen LogP contribution in [0.2, 0.25) is 0 Å². The van der Waals surface area contributed by atoms with Gasteiger partial charge in [-0.3, -0.25) is 10.1 Å². The van der Waals surface area contributed by atoms with Crippen LogP contribution in [0.25, 0.3) is 6.08 Å². The first kappa shape index (κ1) is 12.5. The molecule has 2 heterocycles. The minimum atomic E-state index is -0.511. The van der Waals surface area contributed by atoms with Gasteiger partial charge in [0.05, 0.1) is 23.2 Å². The van der Waals surface area contributed by atoms with E-state index in [1.807, 2.05) is 0 Å². The summed E-state index contributed by atoms with van der Waals surface area (Å²) >= 11 is 0. The van der Waals surface area contributed by atoms with Crippen LogP contribution in [0.4, 0.5) is 5.69 Å². The van der Waals surface area contributed by atoms with Gasteiger partial charge in [-0.25, -0.2) is 4.79 Å². The smallest absolute Gasteiger partial charge is 0.334 e. The Morgan fingerprint density at radius 1 is 1.20 bits per heavy atom. The highest BCUT2D eigenvalue weighted by atomic mass is 16.7. The van der Waals surface area contributed by atoms with E-state index in [0.717, 1.165) is 6.42 Å². The van der Waals surface area contributed by atoms with Crippen molar-refractivity contribution in [3.05, 3.63) is 33.4 Å². The average Bonchev–Trinajstić information content (AvgIpc) is 2.87. The Balaban J connectivity index is 2.05. The fourth-order valence-electron chi connectivity index (χ4n) is 2.16. The molecule has 0 unspecified atom stereocenters. The summed E-state index contributed by atoms with van der Waals surface area (Å²) in [5, 5.41) is 11.1. The number of hydrogen-bond donors (Lipinski definition) is 0. The minimum Gasteiger partial charge on any atom is -0.462 e. The van der Waals surface area contributed by atoms with Crippen LogP contribution < -0.4 is 9.47 Å². The quantitative estimate of drug-likeness (QED) is 0.356. The molecule has 0 atom stereocenters. The molecule has 20 heavy (non-hydrogen) atoms. The van der Waals surface area contributed by atoms with Crippen LogP contribution in [-0.2, 0) is 9.53 Å². The molecule has 0 radical (unpaired) electrons. The fraction of sp³-hybridized carbons (Fsp3) is 0.308. The zero-order valence-corrected chi connectivity index (χ0v) is 10.5. The molecule has 0 amide bonds. The number of nitrogens with zero attached hydrogens (tertiary/aromatic N) is 1. The molecular formula is C13H11NO6. The topological polar surface area (TPSA) is 87.9 Å². The SMILES string of the molecule is O=C1OCCC/C1=C/c1cc2c(cc1[N+](=O)[O-])OCO2. The summed E-state index contributed by atoms with van der Waals surface area (Å²) < 4.78 is 15.2. The fourth-order valence-corrected chi connectivity index (χ4v) is 2.16. The van der Waals surface area contributed by atoms with Crippen molar-refractivity contribution in [1.29, 1.82) is 0 Å². The number of rotatable bonds is 2. The third-order valence-electron chi connectivity index (χ3n) is 3.13. The van der Waals surface area contributed by atoms with E-state index in [1.54, 1.807) is 0 Å². The van der Waals surface area contributed by atoms with Gasteiger partial charge in [-0.1, -0.05) is 0 Å². The van der Waals surface area contributed by atoms with Gasteiger partial charge in [-0.05, 0) is 25.0 Å². The molecule has 0 bridgehead atoms. The van der Waals surface area contributed by atoms with Crippen molar-refractivity contribution in [2.24, 2.45) is 0 Å². The molecule has 104 valence electrons. The number of carbonyl (C=O) groups excluding carboxylic acids is 1. The summed E-state index contributed by atoms with van der Waals surface area (Å²) in [5.41, 5.74) is 0.617. The molecule has 7 heteroatoms. The van der Waals surface area contributed by atoms with Crippen LogP contribution >= 0.6 is 0 Å². The highest BCUT2D eigenvalue weighted by Gasteiger charge is 2.24. The Morgan fingerprint density at radius 3 is 2.65 bits per heavy atom. The summed E-state index contributed by atoms with van der Waals surface area (Å²) in [5.74, 6) is 0.347. The maximum Gasteiger partial charge on any atom is 0.334 e. The standard InChI is InChI=1S/C13H11NO6/c15-13-8(2-1-3-18-13)4-9-5-11-12(20-7-19-11)6-10(9)14(16)17/h4-6H,1-3,7H2/b8-4-. The summed E-state index contributed by atoms with van der Waals surface area (Å²) in [4.78, 5) is 22.2. The van der Waals surface area contributed by atoms with Gasteiger partial charge >= 0.3 is 5.97 Å². The van der Waals surface area contributed by atoms with E-state index in [4.69, 9.17) is 14.2 Å². The van der Waals surface area contributed by atoms with Gasteiger partial charge < -0.3 is 14.2 Å². The normalized spacial score (nSPS) is 19.0. The molecule has 0 spiro atoms. The molecule has 1 aromatic carbocycles. The van der Waals surface area contributed by atoms with Gasteiger partial charge in [0.25, 0.3) is 5.69 Å². The van der Waals surface area contributed by atoms with Crippen LogP contribution in [-0.4, -0.2) is 24.3 Å². The van der Waals surface area contributed by atoms with E-state index in [2.05, 4.69) is 0 Å². The van der Waals surface area contributed by atoms with Crippen LogP contribution in [0.3, 0.4) is 0 Å². The van der Waals surface area contributed by atoms with Gasteiger partial charge in [0.15, 0.2) is 11.5 Å². The third kappa shape index (κ3) is 2.18. The Labute approximate surface area is 113 Å². The van der Waals surface area contributed by atoms with Gasteiger partial charge in [0, 0.05) is 5.57 Å². The molecule has 1 aromatic rings. The largest absolute Gasteiger partial charge is 0.462 e. The van der Waals surface area contributed by atoms with Gasteiger partial charge in [-0.2, -0.15) is 0 Å². The van der Waals surface area contributed by atoms with Crippen LogP contribution in [0.5, 0.6) is 11.5 Å². The maximum atomic E-state index is 11.6. The molecule has 1 fully saturated rings. The molecular weight excluding hydrogens is 266 g/mol. The first-order valence-electron chi connectivity index (χ1n) is 6.11. The van der Waals surface area contributed by atoms with Gasteiger partial charge in [-0.15, -0.1) is 0 Å². The number of ether oxygens (including phenoxy) is 3. The number of cyclic esters (lactones) is 1. The highest BCUT2D eigenvalue weighted by molar-refractivity contribution is 5.95. The second-order valence-electron chi connectivity index (χ2n) is 4.43. The highest BCUT2D eigenvalue weighted by Crippen LogP contribution is 2.39. The van der Waals surface area contributed by atoms with Crippen molar-refractivity contribution in [3.63, 3.8) is 0 Å². The van der Waals surface area contributed by atoms with E-state index in [0.29, 0.717) is 35.7 Å². The lowest BCUT2D eigenvalue weighted by Crippen LogP contribution is -2.15. The molecule has 0 N–H and O–H groups in total. The number of benzene rings is 1. The first-order valence-corrected chi connectivity index (χ1v) is 6.11. The molecule has 2 aliphatic heterocycles. The lowest BCUT2D eigenvalue weighted by atomic mass is 10.0. The van der Waals surface area contributed by atoms with Crippen LogP contribution in [0.1, 0.15) is 18.4 Å². The van der Waals surface area contributed by atoms with Gasteiger partial charge in [0.2, 0.25) is 6.79 Å². The number of nitro benzene ring substituents is 1. The van der Waals surface area contributed by atoms with Crippen LogP contribution in [0.15, 0.2) is 17.7 Å². The summed E-state index contributed by atoms with van der Waals surface area (Å²) in [6, 6.07) is 2.82. The van der Waals surface area contributed by atoms with E-state index < -0.39 is 10.9 Å². The number of hydrogen-bond acceptors (Lipinski definition) is 6. The first-order chi connectivity index (χ1) is 9.65. The maximum absolute atomic E-state index is 11.6. The monoisotopic (exact) mass is 277 g/mol. The van der Waals surface area contributed by atoms with Crippen molar-refractivity contribution in [2.75, 3.05) is 13.4 Å². The van der Waals surface area contributed by atoms with Crippen molar-refractivity contribution < 1.29 is 23.9 Å². The van der Waals surface area contributed by atoms with E-state index in [-0.39, 0.29) is 12.5 Å². The Bertz CT molecular complexity index is 622. The van der Waals surface area contributed by atoms with Crippen molar-refractivity contribution in [1.82, 2.24) is 0 Å². The number of nitro groups is 1. The summed E-state index contributed by atoms with van der Waals surface area (Å²) in [6.45, 7) is 0.425. The summed E-state index contributed by atoms with van der Waals surface area (Å²) in [7, 11) is 0. The lowest BCUT2D eigenvalue weighted by molar-refractivity contribution is -0.385. The van der Waals surface area contributed by atoms with E-state index in [9.17, 15) is 14.9 Å². The lowest BCUT2D eigenvalue weighted by Gasteiger charge is -2.13. The molecule has 0 saturated carbocycles. The van der Waals surface area contributed by atoms with E-state index in [1.165, 1.54) is 18.2 Å². The molecule has 0 aliphatic carbocycles. The van der Waals surface area contributed by atoms with Crippen molar-refractivity contribution >= 4 is 17.7 Å². The van der Waals surface area contributed by atoms with Crippen LogP contribution in [0, 0.1) is 10.1 Å². The zero-order chi connectivity index (χ0) is 14.1. The number of fused-ring (bicyclic) bond motifs is 1. The number of esters is 1. The molecule has 3 rings (SSSR count). The summed E-state index contributed by atoms with van der Waals surface area (Å²) in [6.07, 6.45) is 2.75. The second-order valence-corrected chi connectivity index (χ2v) is 4.43. The Hall–Kier alpha value is -2.57. The minimum absolute atomic E-state index is 0.0363.